The summed E-state index contributed by atoms with van der Waals surface area (Å²) in [5, 5.41) is 4.54. The van der Waals surface area contributed by atoms with Gasteiger partial charge in [0, 0.05) is 12.1 Å². The van der Waals surface area contributed by atoms with Gasteiger partial charge in [0.15, 0.2) is 11.6 Å². The largest absolute Gasteiger partial charge is 0.399 e. The number of nitrogens with one attached hydrogen (secondary N) is 2. The predicted molar refractivity (Wildman–Crippen MR) is 60.6 cm³/mol. The van der Waals surface area contributed by atoms with Crippen LogP contribution in [0, 0.1) is 11.6 Å². The molecule has 0 aromatic heterocycles. The molecule has 0 bridgehead atoms. The molecule has 1 unspecified atom stereocenters. The van der Waals surface area contributed by atoms with Crippen LogP contribution in [0.3, 0.4) is 0 Å². The Morgan fingerprint density at radius 1 is 1.28 bits per heavy atom. The number of imide groups is 1. The average Bonchev–Trinajstić information content (AvgIpc) is 2.25. The number of anilines is 2. The van der Waals surface area contributed by atoms with Crippen LogP contribution in [0.5, 0.6) is 0 Å². The van der Waals surface area contributed by atoms with Crippen LogP contribution in [0.25, 0.3) is 0 Å². The van der Waals surface area contributed by atoms with E-state index in [1.54, 1.807) is 0 Å². The lowest BCUT2D eigenvalue weighted by Gasteiger charge is -2.23. The first kappa shape index (κ1) is 12.3. The number of halogens is 2. The summed E-state index contributed by atoms with van der Waals surface area (Å²) < 4.78 is 27.0. The van der Waals surface area contributed by atoms with Gasteiger partial charge in [-0.25, -0.2) is 8.78 Å². The second-order valence-corrected chi connectivity index (χ2v) is 4.01. The van der Waals surface area contributed by atoms with Gasteiger partial charge in [0.1, 0.15) is 11.7 Å². The third kappa shape index (κ3) is 2.39. The zero-order valence-corrected chi connectivity index (χ0v) is 9.30. The third-order valence-electron chi connectivity index (χ3n) is 2.62. The number of hydrogen-bond donors (Lipinski definition) is 3. The van der Waals surface area contributed by atoms with Gasteiger partial charge < -0.3 is 11.1 Å². The maximum absolute atomic E-state index is 13.5. The van der Waals surface area contributed by atoms with E-state index in [0.29, 0.717) is 0 Å². The molecule has 1 atom stereocenters. The smallest absolute Gasteiger partial charge is 0.249 e. The summed E-state index contributed by atoms with van der Waals surface area (Å²) in [4.78, 5) is 22.4. The summed E-state index contributed by atoms with van der Waals surface area (Å²) >= 11 is 0. The summed E-state index contributed by atoms with van der Waals surface area (Å²) in [6, 6.07) is 1.07. The third-order valence-corrected chi connectivity index (χ3v) is 2.62. The van der Waals surface area contributed by atoms with Crippen molar-refractivity contribution in [1.29, 1.82) is 0 Å². The Labute approximate surface area is 101 Å². The minimum atomic E-state index is -0.878. The summed E-state index contributed by atoms with van der Waals surface area (Å²) in [6.07, 6.45) is 0.315. The molecule has 96 valence electrons. The Morgan fingerprint density at radius 2 is 1.89 bits per heavy atom. The standard InChI is InChI=1S/C11H11F2N3O2/c12-6-3-5(14)4-7(13)10(6)15-8-1-2-9(17)16-11(8)18/h3-4,8,15H,1-2,14H2,(H,16,17,18). The Kier molecular flexibility index (Phi) is 3.14. The van der Waals surface area contributed by atoms with Gasteiger partial charge in [-0.2, -0.15) is 0 Å². The molecule has 1 aromatic rings. The summed E-state index contributed by atoms with van der Waals surface area (Å²) in [5.74, 6) is -2.74. The van der Waals surface area contributed by atoms with Crippen molar-refractivity contribution in [3.63, 3.8) is 0 Å². The van der Waals surface area contributed by atoms with E-state index in [0.717, 1.165) is 12.1 Å². The van der Waals surface area contributed by atoms with E-state index in [-0.39, 0.29) is 18.5 Å². The van der Waals surface area contributed by atoms with Gasteiger partial charge in [-0.1, -0.05) is 0 Å². The number of piperidine rings is 1. The van der Waals surface area contributed by atoms with Gasteiger partial charge in [0.05, 0.1) is 0 Å². The van der Waals surface area contributed by atoms with Crippen LogP contribution >= 0.6 is 0 Å². The molecule has 0 saturated carbocycles. The van der Waals surface area contributed by atoms with Crippen molar-refractivity contribution in [2.45, 2.75) is 18.9 Å². The van der Waals surface area contributed by atoms with Crippen molar-refractivity contribution < 1.29 is 18.4 Å². The Balaban J connectivity index is 2.19. The van der Waals surface area contributed by atoms with Crippen LogP contribution in [-0.4, -0.2) is 17.9 Å². The molecule has 0 spiro atoms. The molecule has 2 rings (SSSR count). The van der Waals surface area contributed by atoms with Gasteiger partial charge in [0.25, 0.3) is 0 Å². The summed E-state index contributed by atoms with van der Waals surface area (Å²) in [7, 11) is 0. The van der Waals surface area contributed by atoms with E-state index in [1.165, 1.54) is 0 Å². The zero-order chi connectivity index (χ0) is 13.3. The van der Waals surface area contributed by atoms with E-state index in [4.69, 9.17) is 5.73 Å². The molecular formula is C11H11F2N3O2. The molecule has 0 aliphatic carbocycles. The van der Waals surface area contributed by atoms with Crippen LogP contribution in [0.15, 0.2) is 12.1 Å². The van der Waals surface area contributed by atoms with Crippen molar-refractivity contribution in [1.82, 2.24) is 5.32 Å². The first-order chi connectivity index (χ1) is 8.47. The maximum atomic E-state index is 13.5. The molecule has 18 heavy (non-hydrogen) atoms. The SMILES string of the molecule is Nc1cc(F)c(NC2CCC(=O)NC2=O)c(F)c1. The molecular weight excluding hydrogens is 244 g/mol. The van der Waals surface area contributed by atoms with E-state index in [2.05, 4.69) is 10.6 Å². The molecule has 1 aliphatic heterocycles. The molecule has 1 aliphatic rings. The van der Waals surface area contributed by atoms with Gasteiger partial charge in [-0.05, 0) is 18.6 Å². The van der Waals surface area contributed by atoms with E-state index in [1.807, 2.05) is 0 Å². The van der Waals surface area contributed by atoms with Crippen molar-refractivity contribution in [3.05, 3.63) is 23.8 Å². The highest BCUT2D eigenvalue weighted by molar-refractivity contribution is 6.01. The molecule has 0 radical (unpaired) electrons. The van der Waals surface area contributed by atoms with Crippen LogP contribution in [0.4, 0.5) is 20.2 Å². The number of amides is 2. The van der Waals surface area contributed by atoms with Gasteiger partial charge in [-0.15, -0.1) is 0 Å². The topological polar surface area (TPSA) is 84.2 Å². The highest BCUT2D eigenvalue weighted by Crippen LogP contribution is 2.24. The van der Waals surface area contributed by atoms with Gasteiger partial charge >= 0.3 is 0 Å². The molecule has 4 N–H and O–H groups in total. The highest BCUT2D eigenvalue weighted by atomic mass is 19.1. The fourth-order valence-electron chi connectivity index (χ4n) is 1.74. The number of rotatable bonds is 2. The number of carbonyl (C=O) groups excluding carboxylic acids is 2. The number of nitrogens with two attached hydrogens (primary N) is 1. The Bertz CT molecular complexity index is 496. The van der Waals surface area contributed by atoms with Gasteiger partial charge in [0.2, 0.25) is 11.8 Å². The highest BCUT2D eigenvalue weighted by Gasteiger charge is 2.27. The number of nitrogen functional groups attached to an aromatic ring is 1. The lowest BCUT2D eigenvalue weighted by molar-refractivity contribution is -0.133. The first-order valence-corrected chi connectivity index (χ1v) is 5.32. The second kappa shape index (κ2) is 4.59. The molecule has 7 heteroatoms. The van der Waals surface area contributed by atoms with Crippen LogP contribution in [-0.2, 0) is 9.59 Å². The van der Waals surface area contributed by atoms with Gasteiger partial charge in [-0.3, -0.25) is 14.9 Å². The normalized spacial score (nSPS) is 19.6. The van der Waals surface area contributed by atoms with Crippen molar-refractivity contribution in [2.75, 3.05) is 11.1 Å². The Morgan fingerprint density at radius 3 is 2.44 bits per heavy atom. The summed E-state index contributed by atoms with van der Waals surface area (Å²) in [5.41, 5.74) is 4.81. The molecule has 1 saturated heterocycles. The molecule has 1 fully saturated rings. The molecule has 1 heterocycles. The lowest BCUT2D eigenvalue weighted by atomic mass is 10.1. The minimum absolute atomic E-state index is 0.0428. The summed E-state index contributed by atoms with van der Waals surface area (Å²) in [6.45, 7) is 0. The van der Waals surface area contributed by atoms with E-state index in [9.17, 15) is 18.4 Å². The van der Waals surface area contributed by atoms with E-state index >= 15 is 0 Å². The first-order valence-electron chi connectivity index (χ1n) is 5.32. The lowest BCUT2D eigenvalue weighted by Crippen LogP contribution is -2.47. The van der Waals surface area contributed by atoms with Crippen LogP contribution < -0.4 is 16.4 Å². The second-order valence-electron chi connectivity index (χ2n) is 4.01. The quantitative estimate of drug-likeness (QED) is 0.538. The average molecular weight is 255 g/mol. The fourth-order valence-corrected chi connectivity index (χ4v) is 1.74. The molecule has 5 nitrogen and oxygen atoms in total. The molecule has 1 aromatic carbocycles. The fraction of sp³-hybridized carbons (Fsp3) is 0.273. The Hall–Kier alpha value is -2.18. The number of benzene rings is 1. The van der Waals surface area contributed by atoms with Crippen LogP contribution in [0.2, 0.25) is 0 Å². The number of carbonyl (C=O) groups is 2. The minimum Gasteiger partial charge on any atom is -0.399 e. The molecule has 2 amide bonds. The zero-order valence-electron chi connectivity index (χ0n) is 9.30. The van der Waals surface area contributed by atoms with Crippen molar-refractivity contribution in [3.8, 4) is 0 Å². The van der Waals surface area contributed by atoms with Crippen molar-refractivity contribution in [2.24, 2.45) is 0 Å². The predicted octanol–water partition coefficient (Wildman–Crippen LogP) is 0.764. The van der Waals surface area contributed by atoms with Crippen molar-refractivity contribution >= 4 is 23.2 Å². The van der Waals surface area contributed by atoms with Crippen LogP contribution in [0.1, 0.15) is 12.8 Å². The maximum Gasteiger partial charge on any atom is 0.249 e. The monoisotopic (exact) mass is 255 g/mol. The van der Waals surface area contributed by atoms with E-state index < -0.39 is 35.2 Å². The number of hydrogen-bond acceptors (Lipinski definition) is 4.